The number of aromatic amines is 1. The summed E-state index contributed by atoms with van der Waals surface area (Å²) in [6.07, 6.45) is 3.64. The summed E-state index contributed by atoms with van der Waals surface area (Å²) in [6, 6.07) is 3.68. The molecule has 0 saturated heterocycles. The van der Waals surface area contributed by atoms with Gasteiger partial charge < -0.3 is 14.0 Å². The summed E-state index contributed by atoms with van der Waals surface area (Å²) in [5, 5.41) is 7.48. The van der Waals surface area contributed by atoms with Crippen molar-refractivity contribution in [1.82, 2.24) is 14.8 Å². The summed E-state index contributed by atoms with van der Waals surface area (Å²) in [6.45, 7) is 3.53. The predicted octanol–water partition coefficient (Wildman–Crippen LogP) is 2.22. The van der Waals surface area contributed by atoms with E-state index in [0.717, 1.165) is 16.7 Å². The van der Waals surface area contributed by atoms with Crippen LogP contribution in [0.4, 0.5) is 0 Å². The molecule has 134 valence electrons. The van der Waals surface area contributed by atoms with Gasteiger partial charge in [0, 0.05) is 41.7 Å². The molecule has 1 aromatic carbocycles. The highest BCUT2D eigenvalue weighted by atomic mass is 16.5. The van der Waals surface area contributed by atoms with Crippen LogP contribution in [-0.4, -0.2) is 33.3 Å². The van der Waals surface area contributed by atoms with Crippen LogP contribution in [0.5, 0.6) is 11.5 Å². The normalized spacial score (nSPS) is 15.6. The van der Waals surface area contributed by atoms with E-state index in [4.69, 9.17) is 9.47 Å². The Labute approximate surface area is 149 Å². The molecule has 7 nitrogen and oxygen atoms in total. The number of hydrogen-bond acceptors (Lipinski definition) is 5. The highest BCUT2D eigenvalue weighted by Gasteiger charge is 2.37. The maximum Gasteiger partial charge on any atom is 0.276 e. The van der Waals surface area contributed by atoms with E-state index in [1.165, 1.54) is 4.57 Å². The van der Waals surface area contributed by atoms with Crippen molar-refractivity contribution < 1.29 is 14.3 Å². The predicted molar refractivity (Wildman–Crippen MR) is 96.7 cm³/mol. The summed E-state index contributed by atoms with van der Waals surface area (Å²) in [5.74, 6) is 1.27. The summed E-state index contributed by atoms with van der Waals surface area (Å²) in [7, 11) is 3.27. The number of nitrogens with one attached hydrogen (secondary N) is 1. The Balaban J connectivity index is 2.06. The first kappa shape index (κ1) is 16.4. The fraction of sp³-hybridized carbons (Fsp3) is 0.316. The molecule has 0 radical (unpaired) electrons. The molecule has 0 amide bonds. The van der Waals surface area contributed by atoms with Gasteiger partial charge >= 0.3 is 0 Å². The molecule has 26 heavy (non-hydrogen) atoms. The zero-order valence-electron chi connectivity index (χ0n) is 15.0. The molecular formula is C19H19N3O4. The number of fused-ring (bicyclic) bond motifs is 2. The van der Waals surface area contributed by atoms with Gasteiger partial charge in [-0.3, -0.25) is 14.7 Å². The van der Waals surface area contributed by atoms with Crippen LogP contribution < -0.4 is 15.0 Å². The second-order valence-electron chi connectivity index (χ2n) is 6.99. The number of Topliss-reactive ketones (excluding diaryl/α,β-unsaturated/α-hetero) is 1. The van der Waals surface area contributed by atoms with Gasteiger partial charge in [0.1, 0.15) is 17.0 Å². The minimum absolute atomic E-state index is 0.0122. The average molecular weight is 353 g/mol. The first-order valence-electron chi connectivity index (χ1n) is 8.28. The van der Waals surface area contributed by atoms with Crippen molar-refractivity contribution in [2.75, 3.05) is 7.11 Å². The molecule has 0 bridgehead atoms. The number of benzene rings is 1. The van der Waals surface area contributed by atoms with Gasteiger partial charge in [-0.05, 0) is 26.0 Å². The maximum absolute atomic E-state index is 12.4. The molecule has 0 fully saturated rings. The van der Waals surface area contributed by atoms with Crippen LogP contribution in [0.3, 0.4) is 0 Å². The molecule has 0 saturated carbocycles. The van der Waals surface area contributed by atoms with E-state index in [-0.39, 0.29) is 17.8 Å². The third kappa shape index (κ3) is 2.31. The molecular weight excluding hydrogens is 334 g/mol. The number of aromatic nitrogens is 3. The molecule has 0 unspecified atom stereocenters. The molecule has 1 aliphatic rings. The van der Waals surface area contributed by atoms with Crippen LogP contribution in [0, 0.1) is 0 Å². The number of carbonyl (C=O) groups excluding carboxylic acids is 1. The number of carbonyl (C=O) groups is 1. The van der Waals surface area contributed by atoms with Crippen LogP contribution in [0.15, 0.2) is 29.3 Å². The van der Waals surface area contributed by atoms with Gasteiger partial charge in [0.05, 0.1) is 13.3 Å². The number of rotatable bonds is 2. The van der Waals surface area contributed by atoms with Crippen molar-refractivity contribution in [3.05, 3.63) is 40.4 Å². The average Bonchev–Trinajstić information content (AvgIpc) is 3.08. The van der Waals surface area contributed by atoms with Crippen LogP contribution in [0.2, 0.25) is 0 Å². The molecule has 1 N–H and O–H groups in total. The lowest BCUT2D eigenvalue weighted by Crippen LogP contribution is -2.42. The Morgan fingerprint density at radius 3 is 2.77 bits per heavy atom. The Kier molecular flexibility index (Phi) is 3.44. The maximum atomic E-state index is 12.4. The monoisotopic (exact) mass is 353 g/mol. The van der Waals surface area contributed by atoms with Crippen LogP contribution in [-0.2, 0) is 18.3 Å². The number of hydrogen-bond donors (Lipinski definition) is 1. The van der Waals surface area contributed by atoms with E-state index in [1.807, 2.05) is 12.1 Å². The zero-order chi connectivity index (χ0) is 18.6. The van der Waals surface area contributed by atoms with Crippen molar-refractivity contribution >= 4 is 16.7 Å². The van der Waals surface area contributed by atoms with Gasteiger partial charge in [-0.15, -0.1) is 0 Å². The first-order chi connectivity index (χ1) is 12.3. The quantitative estimate of drug-likeness (QED) is 0.763. The fourth-order valence-electron chi connectivity index (χ4n) is 3.29. The van der Waals surface area contributed by atoms with Crippen molar-refractivity contribution in [1.29, 1.82) is 0 Å². The summed E-state index contributed by atoms with van der Waals surface area (Å²) in [5.41, 5.74) is 1.68. The van der Waals surface area contributed by atoms with Gasteiger partial charge in [0.25, 0.3) is 5.56 Å². The number of ether oxygens (including phenoxy) is 2. The highest BCUT2D eigenvalue weighted by molar-refractivity contribution is 5.98. The van der Waals surface area contributed by atoms with Gasteiger partial charge in [-0.1, -0.05) is 0 Å². The SMILES string of the molecule is COc1cc2c(c(-c3cn(C)c(=O)c4[nH]ncc34)c1)OC(C)(C)C(=O)C2. The van der Waals surface area contributed by atoms with Crippen molar-refractivity contribution in [2.24, 2.45) is 7.05 Å². The van der Waals surface area contributed by atoms with Crippen molar-refractivity contribution in [3.8, 4) is 22.6 Å². The summed E-state index contributed by atoms with van der Waals surface area (Å²) >= 11 is 0. The third-order valence-electron chi connectivity index (χ3n) is 4.83. The first-order valence-corrected chi connectivity index (χ1v) is 8.28. The molecule has 1 aliphatic heterocycles. The lowest BCUT2D eigenvalue weighted by atomic mass is 9.89. The number of ketones is 1. The number of H-pyrrole nitrogens is 1. The second kappa shape index (κ2) is 5.45. The summed E-state index contributed by atoms with van der Waals surface area (Å²) in [4.78, 5) is 24.7. The fourth-order valence-corrected chi connectivity index (χ4v) is 3.29. The van der Waals surface area contributed by atoms with E-state index < -0.39 is 5.60 Å². The van der Waals surface area contributed by atoms with Gasteiger partial charge in [0.2, 0.25) is 0 Å². The molecule has 0 atom stereocenters. The number of methoxy groups -OCH3 is 1. The molecule has 7 heteroatoms. The second-order valence-corrected chi connectivity index (χ2v) is 6.99. The van der Waals surface area contributed by atoms with E-state index in [9.17, 15) is 9.59 Å². The standard InChI is InChI=1S/C19H19N3O4/c1-19(2)15(23)6-10-5-11(25-4)7-12(17(10)26-19)14-9-22(3)18(24)16-13(14)8-20-21-16/h5,7-9H,6H2,1-4H3,(H,20,21). The highest BCUT2D eigenvalue weighted by Crippen LogP contribution is 2.43. The Morgan fingerprint density at radius 2 is 2.04 bits per heavy atom. The third-order valence-corrected chi connectivity index (χ3v) is 4.83. The Hall–Kier alpha value is -3.09. The van der Waals surface area contributed by atoms with Crippen molar-refractivity contribution in [2.45, 2.75) is 25.9 Å². The Morgan fingerprint density at radius 1 is 1.27 bits per heavy atom. The molecule has 0 spiro atoms. The molecule has 3 aromatic rings. The van der Waals surface area contributed by atoms with E-state index in [0.29, 0.717) is 22.4 Å². The van der Waals surface area contributed by atoms with Crippen LogP contribution in [0.1, 0.15) is 19.4 Å². The number of nitrogens with zero attached hydrogens (tertiary/aromatic N) is 2. The smallest absolute Gasteiger partial charge is 0.276 e. The van der Waals surface area contributed by atoms with Crippen molar-refractivity contribution in [3.63, 3.8) is 0 Å². The summed E-state index contributed by atoms with van der Waals surface area (Å²) < 4.78 is 13.0. The number of aryl methyl sites for hydroxylation is 1. The van der Waals surface area contributed by atoms with Gasteiger partial charge in [-0.25, -0.2) is 0 Å². The molecule has 3 heterocycles. The van der Waals surface area contributed by atoms with Gasteiger partial charge in [-0.2, -0.15) is 5.10 Å². The van der Waals surface area contributed by atoms with Crippen LogP contribution in [0.25, 0.3) is 22.0 Å². The van der Waals surface area contributed by atoms with E-state index in [2.05, 4.69) is 10.2 Å². The number of pyridine rings is 1. The van der Waals surface area contributed by atoms with E-state index >= 15 is 0 Å². The van der Waals surface area contributed by atoms with Crippen LogP contribution >= 0.6 is 0 Å². The Bertz CT molecular complexity index is 1110. The largest absolute Gasteiger partial charge is 0.497 e. The molecule has 2 aromatic heterocycles. The lowest BCUT2D eigenvalue weighted by molar-refractivity contribution is -0.132. The topological polar surface area (TPSA) is 86.2 Å². The minimum Gasteiger partial charge on any atom is -0.497 e. The minimum atomic E-state index is -0.910. The van der Waals surface area contributed by atoms with E-state index in [1.54, 1.807) is 40.4 Å². The molecule has 0 aliphatic carbocycles. The zero-order valence-corrected chi connectivity index (χ0v) is 15.0. The van der Waals surface area contributed by atoms with Gasteiger partial charge in [0.15, 0.2) is 11.4 Å². The molecule has 4 rings (SSSR count). The lowest BCUT2D eigenvalue weighted by Gasteiger charge is -2.33.